The van der Waals surface area contributed by atoms with Gasteiger partial charge in [-0.2, -0.15) is 0 Å². The minimum Gasteiger partial charge on any atom is -0.312 e. The highest BCUT2D eigenvalue weighted by molar-refractivity contribution is 4.95. The lowest BCUT2D eigenvalue weighted by Crippen LogP contribution is -2.39. The van der Waals surface area contributed by atoms with E-state index >= 15 is 0 Å². The first-order chi connectivity index (χ1) is 5.47. The summed E-state index contributed by atoms with van der Waals surface area (Å²) in [7, 11) is 0. The van der Waals surface area contributed by atoms with Crippen LogP contribution in [0.3, 0.4) is 0 Å². The molecular formula is C11H23N. The zero-order valence-electron chi connectivity index (χ0n) is 9.04. The Morgan fingerprint density at radius 1 is 1.25 bits per heavy atom. The van der Waals surface area contributed by atoms with Gasteiger partial charge >= 0.3 is 0 Å². The van der Waals surface area contributed by atoms with Gasteiger partial charge in [-0.1, -0.05) is 13.3 Å². The second-order valence-corrected chi connectivity index (χ2v) is 5.35. The molecule has 72 valence electrons. The van der Waals surface area contributed by atoms with E-state index in [2.05, 4.69) is 33.0 Å². The van der Waals surface area contributed by atoms with E-state index < -0.39 is 0 Å². The van der Waals surface area contributed by atoms with E-state index in [1.54, 1.807) is 0 Å². The predicted molar refractivity (Wildman–Crippen MR) is 54.3 cm³/mol. The van der Waals surface area contributed by atoms with Crippen molar-refractivity contribution in [3.8, 4) is 0 Å². The Bertz CT molecular complexity index is 140. The van der Waals surface area contributed by atoms with Gasteiger partial charge in [-0.3, -0.25) is 0 Å². The fourth-order valence-corrected chi connectivity index (χ4v) is 1.67. The maximum Gasteiger partial charge on any atom is 0.00967 e. The summed E-state index contributed by atoms with van der Waals surface area (Å²) in [6.07, 6.45) is 5.65. The Hall–Kier alpha value is -0.0400. The van der Waals surface area contributed by atoms with Crippen molar-refractivity contribution in [1.29, 1.82) is 0 Å². The van der Waals surface area contributed by atoms with Crippen LogP contribution in [-0.4, -0.2) is 12.1 Å². The van der Waals surface area contributed by atoms with Crippen molar-refractivity contribution in [2.45, 2.75) is 58.9 Å². The molecule has 0 unspecified atom stereocenters. The Morgan fingerprint density at radius 3 is 2.17 bits per heavy atom. The second kappa shape index (κ2) is 3.37. The van der Waals surface area contributed by atoms with Crippen molar-refractivity contribution in [3.05, 3.63) is 0 Å². The normalized spacial score (nSPS) is 21.0. The largest absolute Gasteiger partial charge is 0.312 e. The number of hydrogen-bond acceptors (Lipinski definition) is 1. The van der Waals surface area contributed by atoms with E-state index in [4.69, 9.17) is 0 Å². The van der Waals surface area contributed by atoms with Crippen LogP contribution in [-0.2, 0) is 0 Å². The SMILES string of the molecule is CCCC1(CNC(C)(C)C)CC1. The van der Waals surface area contributed by atoms with Crippen molar-refractivity contribution in [3.63, 3.8) is 0 Å². The minimum atomic E-state index is 0.295. The van der Waals surface area contributed by atoms with Crippen LogP contribution in [0, 0.1) is 5.41 Å². The molecule has 1 heteroatoms. The molecule has 0 aromatic carbocycles. The molecule has 0 radical (unpaired) electrons. The summed E-state index contributed by atoms with van der Waals surface area (Å²) in [6.45, 7) is 10.3. The predicted octanol–water partition coefficient (Wildman–Crippen LogP) is 2.95. The maximum absolute atomic E-state index is 3.61. The molecule has 0 aromatic rings. The van der Waals surface area contributed by atoms with Gasteiger partial charge in [-0.15, -0.1) is 0 Å². The highest BCUT2D eigenvalue weighted by atomic mass is 15.0. The van der Waals surface area contributed by atoms with Gasteiger partial charge in [0.25, 0.3) is 0 Å². The minimum absolute atomic E-state index is 0.295. The summed E-state index contributed by atoms with van der Waals surface area (Å²) < 4.78 is 0. The zero-order valence-corrected chi connectivity index (χ0v) is 9.04. The molecule has 0 aromatic heterocycles. The zero-order chi connectivity index (χ0) is 9.24. The van der Waals surface area contributed by atoms with Crippen LogP contribution >= 0.6 is 0 Å². The third kappa shape index (κ3) is 3.14. The topological polar surface area (TPSA) is 12.0 Å². The maximum atomic E-state index is 3.61. The van der Waals surface area contributed by atoms with Crippen LogP contribution in [0.15, 0.2) is 0 Å². The van der Waals surface area contributed by atoms with E-state index in [1.165, 1.54) is 32.2 Å². The Labute approximate surface area is 76.9 Å². The Morgan fingerprint density at radius 2 is 1.83 bits per heavy atom. The summed E-state index contributed by atoms with van der Waals surface area (Å²) in [4.78, 5) is 0. The molecule has 0 bridgehead atoms. The fraction of sp³-hybridized carbons (Fsp3) is 1.00. The van der Waals surface area contributed by atoms with Gasteiger partial charge in [0.15, 0.2) is 0 Å². The van der Waals surface area contributed by atoms with Crippen LogP contribution in [0.4, 0.5) is 0 Å². The molecular weight excluding hydrogens is 146 g/mol. The summed E-state index contributed by atoms with van der Waals surface area (Å²) in [5.74, 6) is 0. The first kappa shape index (κ1) is 10.0. The average Bonchev–Trinajstić information content (AvgIpc) is 2.65. The monoisotopic (exact) mass is 169 g/mol. The second-order valence-electron chi connectivity index (χ2n) is 5.35. The molecule has 0 heterocycles. The molecule has 0 atom stereocenters. The third-order valence-corrected chi connectivity index (χ3v) is 2.73. The van der Waals surface area contributed by atoms with Gasteiger partial charge in [-0.25, -0.2) is 0 Å². The highest BCUT2D eigenvalue weighted by Gasteiger charge is 2.41. The van der Waals surface area contributed by atoms with Crippen LogP contribution in [0.25, 0.3) is 0 Å². The standard InChI is InChI=1S/C11H23N/c1-5-6-11(7-8-11)9-12-10(2,3)4/h12H,5-9H2,1-4H3. The molecule has 1 saturated carbocycles. The van der Waals surface area contributed by atoms with E-state index in [-0.39, 0.29) is 0 Å². The van der Waals surface area contributed by atoms with Crippen molar-refractivity contribution >= 4 is 0 Å². The molecule has 1 aliphatic rings. The molecule has 0 saturated heterocycles. The lowest BCUT2D eigenvalue weighted by atomic mass is 9.99. The number of nitrogens with one attached hydrogen (secondary N) is 1. The van der Waals surface area contributed by atoms with Crippen LogP contribution < -0.4 is 5.32 Å². The summed E-state index contributed by atoms with van der Waals surface area (Å²) in [5, 5.41) is 3.61. The van der Waals surface area contributed by atoms with Gasteiger partial charge in [0.05, 0.1) is 0 Å². The molecule has 0 spiro atoms. The molecule has 1 aliphatic carbocycles. The van der Waals surface area contributed by atoms with Crippen molar-refractivity contribution in [2.75, 3.05) is 6.54 Å². The summed E-state index contributed by atoms with van der Waals surface area (Å²) in [5.41, 5.74) is 0.991. The molecule has 1 nitrogen and oxygen atoms in total. The van der Waals surface area contributed by atoms with Gasteiger partial charge in [-0.05, 0) is 45.4 Å². The van der Waals surface area contributed by atoms with Crippen LogP contribution in [0.1, 0.15) is 53.4 Å². The van der Waals surface area contributed by atoms with Gasteiger partial charge in [0.2, 0.25) is 0 Å². The van der Waals surface area contributed by atoms with E-state index in [9.17, 15) is 0 Å². The highest BCUT2D eigenvalue weighted by Crippen LogP contribution is 2.49. The Kier molecular flexibility index (Phi) is 2.82. The molecule has 1 fully saturated rings. The van der Waals surface area contributed by atoms with E-state index in [1.807, 2.05) is 0 Å². The lowest BCUT2D eigenvalue weighted by molar-refractivity contribution is 0.342. The summed E-state index contributed by atoms with van der Waals surface area (Å²) in [6, 6.07) is 0. The fourth-order valence-electron chi connectivity index (χ4n) is 1.67. The van der Waals surface area contributed by atoms with Gasteiger partial charge in [0, 0.05) is 12.1 Å². The quantitative estimate of drug-likeness (QED) is 0.682. The first-order valence-corrected chi connectivity index (χ1v) is 5.22. The molecule has 0 aliphatic heterocycles. The van der Waals surface area contributed by atoms with Gasteiger partial charge in [0.1, 0.15) is 0 Å². The van der Waals surface area contributed by atoms with Crippen LogP contribution in [0.5, 0.6) is 0 Å². The first-order valence-electron chi connectivity index (χ1n) is 5.22. The van der Waals surface area contributed by atoms with Crippen molar-refractivity contribution in [1.82, 2.24) is 5.32 Å². The number of hydrogen-bond donors (Lipinski definition) is 1. The van der Waals surface area contributed by atoms with Gasteiger partial charge < -0.3 is 5.32 Å². The summed E-state index contributed by atoms with van der Waals surface area (Å²) >= 11 is 0. The molecule has 12 heavy (non-hydrogen) atoms. The molecule has 0 amide bonds. The average molecular weight is 169 g/mol. The lowest BCUT2D eigenvalue weighted by Gasteiger charge is -2.24. The van der Waals surface area contributed by atoms with E-state index in [0.717, 1.165) is 0 Å². The van der Waals surface area contributed by atoms with Crippen LogP contribution in [0.2, 0.25) is 0 Å². The van der Waals surface area contributed by atoms with Crippen molar-refractivity contribution < 1.29 is 0 Å². The number of rotatable bonds is 4. The Balaban J connectivity index is 2.22. The third-order valence-electron chi connectivity index (χ3n) is 2.73. The van der Waals surface area contributed by atoms with Crippen molar-refractivity contribution in [2.24, 2.45) is 5.41 Å². The molecule has 1 rings (SSSR count). The smallest absolute Gasteiger partial charge is 0.00967 e. The molecule has 1 N–H and O–H groups in total. The van der Waals surface area contributed by atoms with E-state index in [0.29, 0.717) is 11.0 Å².